The SMILES string of the molecule is COc1cc(Cl)c(C)cc1N[C@H](C)C(=O)N1CCN(S(=O)(=O)c2ccccc2)CC1. The first kappa shape index (κ1) is 22.4. The lowest BCUT2D eigenvalue weighted by atomic mass is 10.1. The molecule has 1 atom stereocenters. The number of hydrogen-bond donors (Lipinski definition) is 1. The van der Waals surface area contributed by atoms with Gasteiger partial charge in [0.15, 0.2) is 0 Å². The van der Waals surface area contributed by atoms with Crippen LogP contribution in [0.5, 0.6) is 5.75 Å². The van der Waals surface area contributed by atoms with Gasteiger partial charge in [-0.3, -0.25) is 4.79 Å². The van der Waals surface area contributed by atoms with E-state index in [1.54, 1.807) is 55.3 Å². The highest BCUT2D eigenvalue weighted by Crippen LogP contribution is 2.31. The van der Waals surface area contributed by atoms with Crippen molar-refractivity contribution in [1.82, 2.24) is 9.21 Å². The summed E-state index contributed by atoms with van der Waals surface area (Å²) in [6.45, 7) is 4.87. The topological polar surface area (TPSA) is 79.0 Å². The molecular formula is C21H26ClN3O4S. The number of amides is 1. The van der Waals surface area contributed by atoms with Crippen LogP contribution in [0.1, 0.15) is 12.5 Å². The number of sulfonamides is 1. The molecule has 9 heteroatoms. The van der Waals surface area contributed by atoms with Gasteiger partial charge in [-0.15, -0.1) is 0 Å². The van der Waals surface area contributed by atoms with Crippen molar-refractivity contribution in [3.63, 3.8) is 0 Å². The van der Waals surface area contributed by atoms with Gasteiger partial charge in [-0.25, -0.2) is 8.42 Å². The number of aryl methyl sites for hydroxylation is 1. The number of benzene rings is 2. The second-order valence-corrected chi connectivity index (χ2v) is 9.56. The van der Waals surface area contributed by atoms with Gasteiger partial charge >= 0.3 is 0 Å². The molecule has 1 saturated heterocycles. The van der Waals surface area contributed by atoms with E-state index in [-0.39, 0.29) is 23.9 Å². The van der Waals surface area contributed by atoms with Gasteiger partial charge in [0, 0.05) is 37.3 Å². The number of methoxy groups -OCH3 is 1. The number of nitrogens with zero attached hydrogens (tertiary/aromatic N) is 2. The van der Waals surface area contributed by atoms with E-state index in [9.17, 15) is 13.2 Å². The number of carbonyl (C=O) groups excluding carboxylic acids is 1. The van der Waals surface area contributed by atoms with Gasteiger partial charge in [-0.2, -0.15) is 4.31 Å². The molecule has 0 bridgehead atoms. The number of halogens is 1. The Morgan fingerprint density at radius 2 is 1.77 bits per heavy atom. The quantitative estimate of drug-likeness (QED) is 0.730. The molecule has 0 spiro atoms. The normalized spacial score (nSPS) is 16.2. The molecule has 1 fully saturated rings. The molecule has 1 N–H and O–H groups in total. The summed E-state index contributed by atoms with van der Waals surface area (Å²) in [5.41, 5.74) is 1.56. The maximum Gasteiger partial charge on any atom is 0.244 e. The van der Waals surface area contributed by atoms with Gasteiger partial charge in [0.05, 0.1) is 17.7 Å². The molecule has 0 unspecified atom stereocenters. The molecule has 0 aromatic heterocycles. The fraction of sp³-hybridized carbons (Fsp3) is 0.381. The van der Waals surface area contributed by atoms with Crippen LogP contribution in [0.2, 0.25) is 5.02 Å². The predicted octanol–water partition coefficient (Wildman–Crippen LogP) is 2.99. The van der Waals surface area contributed by atoms with Crippen LogP contribution in [0.4, 0.5) is 5.69 Å². The molecule has 0 radical (unpaired) electrons. The Kier molecular flexibility index (Phi) is 6.90. The molecule has 30 heavy (non-hydrogen) atoms. The molecule has 1 aliphatic heterocycles. The Morgan fingerprint density at radius 3 is 2.37 bits per heavy atom. The van der Waals surface area contributed by atoms with E-state index in [0.717, 1.165) is 5.56 Å². The molecule has 0 saturated carbocycles. The number of anilines is 1. The van der Waals surface area contributed by atoms with Crippen LogP contribution in [-0.2, 0) is 14.8 Å². The van der Waals surface area contributed by atoms with Crippen molar-refractivity contribution in [3.05, 3.63) is 53.1 Å². The van der Waals surface area contributed by atoms with Crippen molar-refractivity contribution in [2.24, 2.45) is 0 Å². The third kappa shape index (κ3) is 4.71. The summed E-state index contributed by atoms with van der Waals surface area (Å²) >= 11 is 6.14. The summed E-state index contributed by atoms with van der Waals surface area (Å²) < 4.78 is 32.3. The number of rotatable bonds is 6. The number of ether oxygens (including phenoxy) is 1. The van der Waals surface area contributed by atoms with Gasteiger partial charge in [0.25, 0.3) is 0 Å². The van der Waals surface area contributed by atoms with E-state index < -0.39 is 16.1 Å². The highest BCUT2D eigenvalue weighted by Gasteiger charge is 2.31. The summed E-state index contributed by atoms with van der Waals surface area (Å²) in [5, 5.41) is 3.78. The van der Waals surface area contributed by atoms with Crippen molar-refractivity contribution in [1.29, 1.82) is 0 Å². The smallest absolute Gasteiger partial charge is 0.244 e. The fourth-order valence-electron chi connectivity index (χ4n) is 3.40. The van der Waals surface area contributed by atoms with Crippen molar-refractivity contribution < 1.29 is 17.9 Å². The average molecular weight is 452 g/mol. The minimum absolute atomic E-state index is 0.0959. The van der Waals surface area contributed by atoms with E-state index in [0.29, 0.717) is 29.5 Å². The molecule has 1 amide bonds. The Morgan fingerprint density at radius 1 is 1.13 bits per heavy atom. The van der Waals surface area contributed by atoms with Gasteiger partial charge in [0.1, 0.15) is 11.8 Å². The third-order valence-electron chi connectivity index (χ3n) is 5.15. The van der Waals surface area contributed by atoms with Crippen LogP contribution in [0.25, 0.3) is 0 Å². The summed E-state index contributed by atoms with van der Waals surface area (Å²) in [6.07, 6.45) is 0. The maximum atomic E-state index is 12.9. The van der Waals surface area contributed by atoms with Gasteiger partial charge < -0.3 is 15.0 Å². The Bertz CT molecular complexity index is 1010. The maximum absolute atomic E-state index is 12.9. The van der Waals surface area contributed by atoms with Gasteiger partial charge in [-0.1, -0.05) is 29.8 Å². The second kappa shape index (κ2) is 9.24. The summed E-state index contributed by atoms with van der Waals surface area (Å²) in [5.74, 6) is 0.463. The summed E-state index contributed by atoms with van der Waals surface area (Å²) in [6, 6.07) is 11.4. The standard InChI is InChI=1S/C21H26ClN3O4S/c1-15-13-19(20(29-3)14-18(15)22)23-16(2)21(26)24-9-11-25(12-10-24)30(27,28)17-7-5-4-6-8-17/h4-8,13-14,16,23H,9-12H2,1-3H3/t16-/m1/s1. The lowest BCUT2D eigenvalue weighted by Crippen LogP contribution is -2.53. The predicted molar refractivity (Wildman–Crippen MR) is 118 cm³/mol. The van der Waals surface area contributed by atoms with Gasteiger partial charge in [-0.05, 0) is 37.6 Å². The van der Waals surface area contributed by atoms with E-state index in [2.05, 4.69) is 5.32 Å². The molecule has 1 heterocycles. The monoisotopic (exact) mass is 451 g/mol. The zero-order chi connectivity index (χ0) is 21.9. The average Bonchev–Trinajstić information content (AvgIpc) is 2.76. The third-order valence-corrected chi connectivity index (χ3v) is 7.47. The number of carbonyl (C=O) groups is 1. The van der Waals surface area contributed by atoms with Crippen LogP contribution in [0, 0.1) is 6.92 Å². The first-order valence-corrected chi connectivity index (χ1v) is 11.5. The van der Waals surface area contributed by atoms with Crippen LogP contribution in [0.15, 0.2) is 47.4 Å². The van der Waals surface area contributed by atoms with Crippen LogP contribution in [0.3, 0.4) is 0 Å². The van der Waals surface area contributed by atoms with E-state index in [4.69, 9.17) is 16.3 Å². The van der Waals surface area contributed by atoms with E-state index in [1.165, 1.54) is 4.31 Å². The highest BCUT2D eigenvalue weighted by molar-refractivity contribution is 7.89. The van der Waals surface area contributed by atoms with E-state index >= 15 is 0 Å². The summed E-state index contributed by atoms with van der Waals surface area (Å²) in [7, 11) is -2.00. The Balaban J connectivity index is 1.63. The lowest BCUT2D eigenvalue weighted by Gasteiger charge is -2.35. The van der Waals surface area contributed by atoms with Gasteiger partial charge in [0.2, 0.25) is 15.9 Å². The van der Waals surface area contributed by atoms with Crippen molar-refractivity contribution in [2.45, 2.75) is 24.8 Å². The van der Waals surface area contributed by atoms with Crippen LogP contribution < -0.4 is 10.1 Å². The van der Waals surface area contributed by atoms with Crippen molar-refractivity contribution in [3.8, 4) is 5.75 Å². The zero-order valence-corrected chi connectivity index (χ0v) is 18.8. The second-order valence-electron chi connectivity index (χ2n) is 7.21. The first-order chi connectivity index (χ1) is 14.2. The largest absolute Gasteiger partial charge is 0.495 e. The Hall–Kier alpha value is -2.29. The fourth-order valence-corrected chi connectivity index (χ4v) is 5.00. The molecular weight excluding hydrogens is 426 g/mol. The molecule has 2 aromatic carbocycles. The van der Waals surface area contributed by atoms with E-state index in [1.807, 2.05) is 13.0 Å². The molecule has 1 aliphatic rings. The van der Waals surface area contributed by atoms with Crippen molar-refractivity contribution >= 4 is 33.2 Å². The molecule has 2 aromatic rings. The minimum atomic E-state index is -3.55. The van der Waals surface area contributed by atoms with Crippen LogP contribution in [-0.4, -0.2) is 62.9 Å². The number of hydrogen-bond acceptors (Lipinski definition) is 5. The minimum Gasteiger partial charge on any atom is -0.495 e. The molecule has 162 valence electrons. The lowest BCUT2D eigenvalue weighted by molar-refractivity contribution is -0.132. The Labute approximate surface area is 182 Å². The molecule has 7 nitrogen and oxygen atoms in total. The molecule has 0 aliphatic carbocycles. The highest BCUT2D eigenvalue weighted by atomic mass is 35.5. The van der Waals surface area contributed by atoms with Crippen molar-refractivity contribution in [2.75, 3.05) is 38.6 Å². The zero-order valence-electron chi connectivity index (χ0n) is 17.3. The number of piperazine rings is 1. The molecule has 3 rings (SSSR count). The first-order valence-electron chi connectivity index (χ1n) is 9.68. The van der Waals surface area contributed by atoms with Crippen LogP contribution >= 0.6 is 11.6 Å². The number of nitrogens with one attached hydrogen (secondary N) is 1. The summed E-state index contributed by atoms with van der Waals surface area (Å²) in [4.78, 5) is 14.9.